The number of nitrogens with zero attached hydrogens (tertiary/aromatic N) is 1. The minimum atomic E-state index is -1.30. The maximum Gasteiger partial charge on any atom is 0.311 e. The van der Waals surface area contributed by atoms with Crippen molar-refractivity contribution in [2.24, 2.45) is 5.73 Å². The van der Waals surface area contributed by atoms with Crippen LogP contribution in [0.25, 0.3) is 0 Å². The van der Waals surface area contributed by atoms with E-state index in [1.165, 1.54) is 24.3 Å². The molecule has 0 spiro atoms. The lowest BCUT2D eigenvalue weighted by molar-refractivity contribution is -0.385. The molecule has 0 saturated carbocycles. The summed E-state index contributed by atoms with van der Waals surface area (Å²) in [6, 6.07) is 8.34. The van der Waals surface area contributed by atoms with Crippen LogP contribution in [-0.2, 0) is 4.79 Å². The van der Waals surface area contributed by atoms with E-state index in [1.807, 2.05) is 0 Å². The maximum atomic E-state index is 11.2. The standard InChI is InChI=1S/C15H10Cl2N2O5S/c16-8-1-4-12(10(17)5-8)23-9-2-3-11(19(21)22)13(6-9)24-14(7-25)15(18)20/h1-7,14H,(H2,18,20). The summed E-state index contributed by atoms with van der Waals surface area (Å²) >= 11 is 16.5. The summed E-state index contributed by atoms with van der Waals surface area (Å²) < 4.78 is 10.8. The van der Waals surface area contributed by atoms with Gasteiger partial charge in [0.2, 0.25) is 11.9 Å². The van der Waals surface area contributed by atoms with Crippen molar-refractivity contribution in [1.82, 2.24) is 0 Å². The highest BCUT2D eigenvalue weighted by Gasteiger charge is 2.22. The van der Waals surface area contributed by atoms with Gasteiger partial charge in [-0.05, 0) is 24.3 Å². The van der Waals surface area contributed by atoms with E-state index in [1.54, 1.807) is 6.07 Å². The smallest absolute Gasteiger partial charge is 0.311 e. The number of nitrogens with two attached hydrogens (primary N) is 1. The molecule has 0 saturated heterocycles. The number of benzene rings is 2. The van der Waals surface area contributed by atoms with Gasteiger partial charge in [-0.25, -0.2) is 0 Å². The van der Waals surface area contributed by atoms with Crippen LogP contribution in [0.15, 0.2) is 36.4 Å². The predicted molar refractivity (Wildman–Crippen MR) is 96.9 cm³/mol. The van der Waals surface area contributed by atoms with Crippen molar-refractivity contribution in [1.29, 1.82) is 0 Å². The molecule has 2 aromatic rings. The van der Waals surface area contributed by atoms with Gasteiger partial charge in [-0.3, -0.25) is 14.9 Å². The monoisotopic (exact) mass is 400 g/mol. The van der Waals surface area contributed by atoms with Crippen LogP contribution in [0.2, 0.25) is 10.0 Å². The molecule has 10 heteroatoms. The summed E-state index contributed by atoms with van der Waals surface area (Å²) in [6.07, 6.45) is -1.30. The zero-order valence-corrected chi connectivity index (χ0v) is 14.7. The van der Waals surface area contributed by atoms with Crippen molar-refractivity contribution >= 4 is 52.4 Å². The second kappa shape index (κ2) is 8.11. The molecule has 1 atom stereocenters. The molecule has 25 heavy (non-hydrogen) atoms. The SMILES string of the molecule is NC(=O)C(C=S)Oc1cc(Oc2ccc(Cl)cc2Cl)ccc1[N+](=O)[O-]. The van der Waals surface area contributed by atoms with Crippen LogP contribution in [0.3, 0.4) is 0 Å². The number of ether oxygens (including phenoxy) is 2. The first kappa shape index (κ1) is 18.9. The van der Waals surface area contributed by atoms with Gasteiger partial charge in [-0.15, -0.1) is 0 Å². The van der Waals surface area contributed by atoms with Crippen LogP contribution in [-0.4, -0.2) is 22.3 Å². The summed E-state index contributed by atoms with van der Waals surface area (Å²) in [7, 11) is 0. The molecule has 2 N–H and O–H groups in total. The van der Waals surface area contributed by atoms with Crippen molar-refractivity contribution in [3.63, 3.8) is 0 Å². The highest BCUT2D eigenvalue weighted by molar-refractivity contribution is 7.79. The molecule has 0 fully saturated rings. The molecule has 130 valence electrons. The Bertz CT molecular complexity index is 847. The average Bonchev–Trinajstić information content (AvgIpc) is 2.54. The first-order chi connectivity index (χ1) is 11.8. The van der Waals surface area contributed by atoms with Crippen LogP contribution < -0.4 is 15.2 Å². The molecule has 0 heterocycles. The van der Waals surface area contributed by atoms with E-state index in [0.29, 0.717) is 5.02 Å². The molecule has 7 nitrogen and oxygen atoms in total. The average molecular weight is 401 g/mol. The van der Waals surface area contributed by atoms with E-state index in [9.17, 15) is 14.9 Å². The number of carbonyl (C=O) groups is 1. The molecule has 0 bridgehead atoms. The number of amides is 1. The van der Waals surface area contributed by atoms with Crippen molar-refractivity contribution in [3.8, 4) is 17.2 Å². The molecule has 2 rings (SSSR count). The summed E-state index contributed by atoms with van der Waals surface area (Å²) in [6.45, 7) is 0. The third-order valence-corrected chi connectivity index (χ3v) is 3.69. The molecule has 0 aromatic heterocycles. The van der Waals surface area contributed by atoms with Gasteiger partial charge in [0.1, 0.15) is 11.5 Å². The lowest BCUT2D eigenvalue weighted by Crippen LogP contribution is -2.34. The van der Waals surface area contributed by atoms with Gasteiger partial charge in [0.25, 0.3) is 5.91 Å². The van der Waals surface area contributed by atoms with E-state index in [4.69, 9.17) is 38.4 Å². The van der Waals surface area contributed by atoms with Gasteiger partial charge in [0.05, 0.1) is 9.95 Å². The second-order valence-corrected chi connectivity index (χ2v) is 5.76. The first-order valence-corrected chi connectivity index (χ1v) is 7.87. The predicted octanol–water partition coefficient (Wildman–Crippen LogP) is 3.93. The number of hydrogen-bond donors (Lipinski definition) is 1. The minimum absolute atomic E-state index is 0.192. The van der Waals surface area contributed by atoms with Gasteiger partial charge >= 0.3 is 5.69 Å². The molecule has 1 amide bonds. The van der Waals surface area contributed by atoms with Gasteiger partial charge in [-0.2, -0.15) is 0 Å². The van der Waals surface area contributed by atoms with Crippen LogP contribution in [0.4, 0.5) is 5.69 Å². The van der Waals surface area contributed by atoms with E-state index in [2.05, 4.69) is 12.2 Å². The molecule has 1 unspecified atom stereocenters. The van der Waals surface area contributed by atoms with Gasteiger partial charge < -0.3 is 15.2 Å². The zero-order chi connectivity index (χ0) is 18.6. The summed E-state index contributed by atoms with van der Waals surface area (Å²) in [4.78, 5) is 21.7. The Morgan fingerprint density at radius 3 is 2.52 bits per heavy atom. The Kier molecular flexibility index (Phi) is 6.13. The van der Waals surface area contributed by atoms with Gasteiger partial charge in [-0.1, -0.05) is 35.4 Å². The molecule has 0 aliphatic rings. The van der Waals surface area contributed by atoms with E-state index in [0.717, 1.165) is 11.4 Å². The molecule has 2 aromatic carbocycles. The van der Waals surface area contributed by atoms with E-state index in [-0.39, 0.29) is 28.0 Å². The quantitative estimate of drug-likeness (QED) is 0.428. The summed E-state index contributed by atoms with van der Waals surface area (Å²) in [5, 5.41) is 12.8. The maximum absolute atomic E-state index is 11.2. The Balaban J connectivity index is 2.37. The number of primary amides is 1. The van der Waals surface area contributed by atoms with Crippen LogP contribution >= 0.6 is 35.4 Å². The molecule has 0 aliphatic carbocycles. The molecule has 0 radical (unpaired) electrons. The van der Waals surface area contributed by atoms with Gasteiger partial charge in [0.15, 0.2) is 0 Å². The number of nitro groups is 1. The number of thiocarbonyl (C=S) groups is 1. The number of rotatable bonds is 7. The lowest BCUT2D eigenvalue weighted by Gasteiger charge is -2.13. The zero-order valence-electron chi connectivity index (χ0n) is 12.3. The van der Waals surface area contributed by atoms with Crippen molar-refractivity contribution in [2.75, 3.05) is 0 Å². The molecular weight excluding hydrogens is 391 g/mol. The third kappa shape index (κ3) is 4.79. The summed E-state index contributed by atoms with van der Waals surface area (Å²) in [5.74, 6) is -0.626. The van der Waals surface area contributed by atoms with Crippen molar-refractivity contribution in [2.45, 2.75) is 6.10 Å². The fourth-order valence-electron chi connectivity index (χ4n) is 1.78. The lowest BCUT2D eigenvalue weighted by atomic mass is 10.2. The van der Waals surface area contributed by atoms with Crippen molar-refractivity contribution < 1.29 is 19.2 Å². The molecular formula is C15H10Cl2N2O5S. The Labute approximate surface area is 157 Å². The highest BCUT2D eigenvalue weighted by atomic mass is 35.5. The normalized spacial score (nSPS) is 11.4. The number of carbonyl (C=O) groups excluding carboxylic acids is 1. The van der Waals surface area contributed by atoms with Crippen LogP contribution in [0.1, 0.15) is 0 Å². The highest BCUT2D eigenvalue weighted by Crippen LogP contribution is 2.36. The van der Waals surface area contributed by atoms with E-state index < -0.39 is 16.9 Å². The Hall–Kier alpha value is -2.42. The van der Waals surface area contributed by atoms with Crippen molar-refractivity contribution in [3.05, 3.63) is 56.6 Å². The first-order valence-electron chi connectivity index (χ1n) is 6.64. The summed E-state index contributed by atoms with van der Waals surface area (Å²) in [5.41, 5.74) is 4.75. The number of halogens is 2. The van der Waals surface area contributed by atoms with Crippen LogP contribution in [0.5, 0.6) is 17.2 Å². The second-order valence-electron chi connectivity index (χ2n) is 4.64. The van der Waals surface area contributed by atoms with Crippen LogP contribution in [0, 0.1) is 10.1 Å². The fraction of sp³-hybridized carbons (Fsp3) is 0.0667. The third-order valence-electron chi connectivity index (χ3n) is 2.91. The van der Waals surface area contributed by atoms with Gasteiger partial charge in [0, 0.05) is 22.5 Å². The largest absolute Gasteiger partial charge is 0.468 e. The van der Waals surface area contributed by atoms with E-state index >= 15 is 0 Å². The minimum Gasteiger partial charge on any atom is -0.468 e. The Morgan fingerprint density at radius 1 is 1.24 bits per heavy atom. The number of hydrogen-bond acceptors (Lipinski definition) is 6. The Morgan fingerprint density at radius 2 is 1.96 bits per heavy atom. The molecule has 0 aliphatic heterocycles. The number of nitro benzene ring substituents is 1. The fourth-order valence-corrected chi connectivity index (χ4v) is 2.41. The topological polar surface area (TPSA) is 105 Å².